The monoisotopic (exact) mass is 432 g/mol. The molecule has 0 aliphatic heterocycles. The van der Waals surface area contributed by atoms with Crippen molar-refractivity contribution in [3.05, 3.63) is 59.2 Å². The van der Waals surface area contributed by atoms with Crippen molar-refractivity contribution < 1.29 is 41.0 Å². The Kier molecular flexibility index (Phi) is 6.32. The predicted molar refractivity (Wildman–Crippen MR) is 92.4 cm³/mol. The average Bonchev–Trinajstić information content (AvgIpc) is 2.65. The molecule has 1 unspecified atom stereocenters. The topological polar surface area (TPSA) is 82.3 Å². The van der Waals surface area contributed by atoms with E-state index < -0.39 is 53.0 Å². The zero-order valence-corrected chi connectivity index (χ0v) is 15.2. The fourth-order valence-corrected chi connectivity index (χ4v) is 2.32. The molecule has 0 aliphatic carbocycles. The van der Waals surface area contributed by atoms with Gasteiger partial charge in [-0.3, -0.25) is 4.79 Å². The van der Waals surface area contributed by atoms with Crippen LogP contribution in [0.3, 0.4) is 0 Å². The summed E-state index contributed by atoms with van der Waals surface area (Å²) < 4.78 is 83.4. The molecule has 0 saturated heterocycles. The first-order chi connectivity index (χ1) is 13.8. The molecule has 2 N–H and O–H groups in total. The Morgan fingerprint density at radius 2 is 1.67 bits per heavy atom. The first-order valence-corrected chi connectivity index (χ1v) is 8.20. The Balaban J connectivity index is 2.21. The SMILES string of the molecule is CC(O)(COc1ccccc1C(F)(F)F)C(=O)Nc1ccc(C#N)cc1C(F)(F)F. The smallest absolute Gasteiger partial charge is 0.419 e. The fraction of sp³-hybridized carbons (Fsp3) is 0.263. The molecule has 2 aromatic carbocycles. The molecule has 11 heteroatoms. The Bertz CT molecular complexity index is 977. The van der Waals surface area contributed by atoms with E-state index in [0.29, 0.717) is 6.07 Å². The third kappa shape index (κ3) is 5.42. The number of anilines is 1. The second kappa shape index (κ2) is 8.23. The maximum absolute atomic E-state index is 13.2. The van der Waals surface area contributed by atoms with Crippen LogP contribution in [0.15, 0.2) is 42.5 Å². The van der Waals surface area contributed by atoms with Crippen molar-refractivity contribution in [2.75, 3.05) is 11.9 Å². The highest BCUT2D eigenvalue weighted by molar-refractivity contribution is 5.97. The van der Waals surface area contributed by atoms with Gasteiger partial charge in [0, 0.05) is 0 Å². The van der Waals surface area contributed by atoms with Crippen LogP contribution in [0.1, 0.15) is 23.6 Å². The summed E-state index contributed by atoms with van der Waals surface area (Å²) in [6.45, 7) is -0.0982. The van der Waals surface area contributed by atoms with Crippen molar-refractivity contribution in [2.45, 2.75) is 24.9 Å². The number of aliphatic hydroxyl groups is 1. The van der Waals surface area contributed by atoms with Crippen LogP contribution in [0.25, 0.3) is 0 Å². The van der Waals surface area contributed by atoms with E-state index in [1.165, 1.54) is 12.1 Å². The van der Waals surface area contributed by atoms with Crippen LogP contribution in [-0.2, 0) is 17.1 Å². The molecule has 0 spiro atoms. The van der Waals surface area contributed by atoms with Gasteiger partial charge in [-0.2, -0.15) is 31.6 Å². The molecule has 0 heterocycles. The lowest BCUT2D eigenvalue weighted by Gasteiger charge is -2.24. The Morgan fingerprint density at radius 3 is 2.23 bits per heavy atom. The molecule has 30 heavy (non-hydrogen) atoms. The van der Waals surface area contributed by atoms with E-state index in [9.17, 15) is 36.2 Å². The lowest BCUT2D eigenvalue weighted by Crippen LogP contribution is -2.45. The molecule has 2 rings (SSSR count). The minimum absolute atomic E-state index is 0.306. The van der Waals surface area contributed by atoms with Gasteiger partial charge in [0.2, 0.25) is 0 Å². The Labute approximate surface area is 166 Å². The van der Waals surface area contributed by atoms with Crippen LogP contribution < -0.4 is 10.1 Å². The highest BCUT2D eigenvalue weighted by Crippen LogP contribution is 2.37. The van der Waals surface area contributed by atoms with Gasteiger partial charge >= 0.3 is 12.4 Å². The number of carbonyl (C=O) groups excluding carboxylic acids is 1. The van der Waals surface area contributed by atoms with Crippen LogP contribution in [0.4, 0.5) is 32.0 Å². The van der Waals surface area contributed by atoms with Crippen molar-refractivity contribution in [3.8, 4) is 11.8 Å². The van der Waals surface area contributed by atoms with E-state index in [1.807, 2.05) is 5.32 Å². The minimum Gasteiger partial charge on any atom is -0.489 e. The van der Waals surface area contributed by atoms with Crippen molar-refractivity contribution in [2.24, 2.45) is 0 Å². The summed E-state index contributed by atoms with van der Waals surface area (Å²) in [6, 6.07) is 7.96. The number of amides is 1. The second-order valence-electron chi connectivity index (χ2n) is 6.38. The van der Waals surface area contributed by atoms with Crippen LogP contribution in [-0.4, -0.2) is 23.2 Å². The summed E-state index contributed by atoms with van der Waals surface area (Å²) >= 11 is 0. The van der Waals surface area contributed by atoms with E-state index in [2.05, 4.69) is 0 Å². The minimum atomic E-state index is -4.91. The molecule has 2 aromatic rings. The molecule has 0 radical (unpaired) electrons. The summed E-state index contributed by atoms with van der Waals surface area (Å²) in [7, 11) is 0. The summed E-state index contributed by atoms with van der Waals surface area (Å²) in [5.74, 6) is -2.00. The number of carbonyl (C=O) groups is 1. The number of ether oxygens (including phenoxy) is 1. The number of benzene rings is 2. The average molecular weight is 432 g/mol. The molecule has 0 aliphatic rings. The number of para-hydroxylation sites is 1. The van der Waals surface area contributed by atoms with Crippen LogP contribution in [0.5, 0.6) is 5.75 Å². The molecule has 0 fully saturated rings. The van der Waals surface area contributed by atoms with Crippen LogP contribution >= 0.6 is 0 Å². The molecule has 1 atom stereocenters. The molecule has 1 amide bonds. The lowest BCUT2D eigenvalue weighted by atomic mass is 10.0. The second-order valence-corrected chi connectivity index (χ2v) is 6.38. The van der Waals surface area contributed by atoms with Gasteiger partial charge in [0.25, 0.3) is 5.91 Å². The molecule has 160 valence electrons. The molecule has 0 bridgehead atoms. The summed E-state index contributed by atoms with van der Waals surface area (Å²) in [6.07, 6.45) is -9.67. The number of alkyl halides is 6. The largest absolute Gasteiger partial charge is 0.489 e. The van der Waals surface area contributed by atoms with Crippen LogP contribution in [0.2, 0.25) is 0 Å². The number of rotatable bonds is 5. The fourth-order valence-electron chi connectivity index (χ4n) is 2.32. The van der Waals surface area contributed by atoms with E-state index >= 15 is 0 Å². The number of nitrogens with zero attached hydrogens (tertiary/aromatic N) is 1. The quantitative estimate of drug-likeness (QED) is 0.688. The highest BCUT2D eigenvalue weighted by Gasteiger charge is 2.38. The number of hydrogen-bond donors (Lipinski definition) is 2. The molecule has 0 aromatic heterocycles. The van der Waals surface area contributed by atoms with Gasteiger partial charge in [0.15, 0.2) is 5.60 Å². The van der Waals surface area contributed by atoms with Gasteiger partial charge in [-0.1, -0.05) is 12.1 Å². The first-order valence-electron chi connectivity index (χ1n) is 8.20. The van der Waals surface area contributed by atoms with Gasteiger partial charge in [-0.15, -0.1) is 0 Å². The van der Waals surface area contributed by atoms with Gasteiger partial charge in [0.1, 0.15) is 12.4 Å². The first kappa shape index (κ1) is 23.0. The summed E-state index contributed by atoms with van der Waals surface area (Å²) in [5.41, 5.74) is -5.99. The number of nitriles is 1. The van der Waals surface area contributed by atoms with Crippen molar-refractivity contribution in [1.82, 2.24) is 0 Å². The maximum atomic E-state index is 13.2. The highest BCUT2D eigenvalue weighted by atomic mass is 19.4. The normalized spacial score (nSPS) is 13.8. The number of nitrogens with one attached hydrogen (secondary N) is 1. The maximum Gasteiger partial charge on any atom is 0.419 e. The summed E-state index contributed by atoms with van der Waals surface area (Å²) in [4.78, 5) is 12.3. The third-order valence-electron chi connectivity index (χ3n) is 3.89. The van der Waals surface area contributed by atoms with E-state index in [0.717, 1.165) is 37.3 Å². The number of halogens is 6. The van der Waals surface area contributed by atoms with Gasteiger partial charge < -0.3 is 15.2 Å². The predicted octanol–water partition coefficient (Wildman–Crippen LogP) is 4.36. The van der Waals surface area contributed by atoms with Crippen molar-refractivity contribution >= 4 is 11.6 Å². The Hall–Kier alpha value is -3.26. The van der Waals surface area contributed by atoms with E-state index in [1.54, 1.807) is 0 Å². The molecule has 5 nitrogen and oxygen atoms in total. The van der Waals surface area contributed by atoms with Crippen molar-refractivity contribution in [3.63, 3.8) is 0 Å². The van der Waals surface area contributed by atoms with E-state index in [-0.39, 0.29) is 5.56 Å². The van der Waals surface area contributed by atoms with Crippen LogP contribution in [0, 0.1) is 11.3 Å². The lowest BCUT2D eigenvalue weighted by molar-refractivity contribution is -0.140. The third-order valence-corrected chi connectivity index (χ3v) is 3.89. The molecule has 0 saturated carbocycles. The zero-order valence-electron chi connectivity index (χ0n) is 15.2. The standard InChI is InChI=1S/C19H14F6N2O3/c1-17(29,10-30-15-5-3-2-4-12(15)18(20,21)22)16(28)27-14-7-6-11(9-26)8-13(14)19(23,24)25/h2-8,29H,10H2,1H3,(H,27,28). The zero-order chi connectivity index (χ0) is 22.7. The van der Waals surface area contributed by atoms with Crippen molar-refractivity contribution in [1.29, 1.82) is 5.26 Å². The van der Waals surface area contributed by atoms with Gasteiger partial charge in [-0.05, 0) is 37.3 Å². The molecular weight excluding hydrogens is 418 g/mol. The van der Waals surface area contributed by atoms with Gasteiger partial charge in [0.05, 0.1) is 28.4 Å². The Morgan fingerprint density at radius 1 is 1.07 bits per heavy atom. The summed E-state index contributed by atoms with van der Waals surface area (Å²) in [5, 5.41) is 20.9. The number of hydrogen-bond acceptors (Lipinski definition) is 4. The van der Waals surface area contributed by atoms with E-state index in [4.69, 9.17) is 10.00 Å². The molecular formula is C19H14F6N2O3. The van der Waals surface area contributed by atoms with Gasteiger partial charge in [-0.25, -0.2) is 0 Å².